The molecular weight excluding hydrogens is 350 g/mol. The summed E-state index contributed by atoms with van der Waals surface area (Å²) in [5, 5.41) is 0. The zero-order valence-electron chi connectivity index (χ0n) is 17.6. The Kier molecular flexibility index (Phi) is 9.06. The van der Waals surface area contributed by atoms with Gasteiger partial charge in [-0.1, -0.05) is 27.2 Å². The lowest BCUT2D eigenvalue weighted by molar-refractivity contribution is -0.141. The smallest absolute Gasteiger partial charge is 0.444 e. The van der Waals surface area contributed by atoms with Gasteiger partial charge < -0.3 is 19.1 Å². The van der Waals surface area contributed by atoms with Crippen LogP contribution in [0.2, 0.25) is 0 Å². The Morgan fingerprint density at radius 3 is 2.41 bits per heavy atom. The Labute approximate surface area is 162 Å². The van der Waals surface area contributed by atoms with Gasteiger partial charge >= 0.3 is 18.2 Å². The molecule has 7 nitrogen and oxygen atoms in total. The van der Waals surface area contributed by atoms with Crippen LogP contribution in [-0.2, 0) is 19.0 Å². The number of hydrogen-bond donors (Lipinski definition) is 0. The normalized spacial score (nSPS) is 20.3. The van der Waals surface area contributed by atoms with Gasteiger partial charge in [-0.05, 0) is 51.9 Å². The summed E-state index contributed by atoms with van der Waals surface area (Å²) in [6.45, 7) is 12.2. The number of esters is 1. The summed E-state index contributed by atoms with van der Waals surface area (Å²) in [6, 6.07) is 0.0318. The van der Waals surface area contributed by atoms with Gasteiger partial charge in [-0.15, -0.1) is 0 Å². The van der Waals surface area contributed by atoms with Gasteiger partial charge in [-0.2, -0.15) is 0 Å². The molecule has 2 unspecified atom stereocenters. The molecule has 27 heavy (non-hydrogen) atoms. The van der Waals surface area contributed by atoms with Gasteiger partial charge in [0.05, 0.1) is 6.61 Å². The third-order valence-electron chi connectivity index (χ3n) is 4.26. The average Bonchev–Trinajstić information content (AvgIpc) is 2.51. The molecule has 1 rings (SSSR count). The van der Waals surface area contributed by atoms with Gasteiger partial charge in [-0.25, -0.2) is 9.59 Å². The van der Waals surface area contributed by atoms with Crippen molar-refractivity contribution in [2.75, 3.05) is 13.2 Å². The van der Waals surface area contributed by atoms with E-state index in [0.29, 0.717) is 19.4 Å². The highest BCUT2D eigenvalue weighted by Gasteiger charge is 2.34. The lowest BCUT2D eigenvalue weighted by atomic mass is 9.87. The monoisotopic (exact) mass is 385 g/mol. The zero-order valence-corrected chi connectivity index (χ0v) is 17.6. The molecule has 2 atom stereocenters. The van der Waals surface area contributed by atoms with Crippen molar-refractivity contribution in [3.8, 4) is 0 Å². The van der Waals surface area contributed by atoms with Gasteiger partial charge in [0.15, 0.2) is 0 Å². The van der Waals surface area contributed by atoms with E-state index in [4.69, 9.17) is 14.2 Å². The van der Waals surface area contributed by atoms with Crippen LogP contribution in [0.15, 0.2) is 0 Å². The fourth-order valence-electron chi connectivity index (χ4n) is 3.12. The molecule has 0 aromatic carbocycles. The molecule has 0 aliphatic carbocycles. The predicted octanol–water partition coefficient (Wildman–Crippen LogP) is 4.53. The second-order valence-electron chi connectivity index (χ2n) is 8.64. The van der Waals surface area contributed by atoms with Crippen molar-refractivity contribution in [1.82, 2.24) is 4.90 Å². The van der Waals surface area contributed by atoms with Crippen LogP contribution in [0, 0.1) is 11.8 Å². The van der Waals surface area contributed by atoms with Crippen molar-refractivity contribution in [3.63, 3.8) is 0 Å². The van der Waals surface area contributed by atoms with Crippen LogP contribution >= 0.6 is 0 Å². The first kappa shape index (κ1) is 23.2. The van der Waals surface area contributed by atoms with Gasteiger partial charge in [0.2, 0.25) is 0 Å². The molecule has 0 bridgehead atoms. The highest BCUT2D eigenvalue weighted by molar-refractivity contribution is 5.81. The van der Waals surface area contributed by atoms with Crippen molar-refractivity contribution in [1.29, 1.82) is 0 Å². The van der Waals surface area contributed by atoms with E-state index in [1.807, 2.05) is 34.6 Å². The predicted molar refractivity (Wildman–Crippen MR) is 101 cm³/mol. The molecule has 1 aliphatic rings. The number of piperidine rings is 1. The Bertz CT molecular complexity index is 511. The number of hydrogen-bond acceptors (Lipinski definition) is 6. The van der Waals surface area contributed by atoms with Crippen LogP contribution in [0.25, 0.3) is 0 Å². The van der Waals surface area contributed by atoms with Gasteiger partial charge in [-0.3, -0.25) is 4.79 Å². The molecule has 1 aliphatic heterocycles. The summed E-state index contributed by atoms with van der Waals surface area (Å²) < 4.78 is 15.1. The van der Waals surface area contributed by atoms with Crippen LogP contribution in [0.3, 0.4) is 0 Å². The average molecular weight is 386 g/mol. The summed E-state index contributed by atoms with van der Waals surface area (Å²) in [4.78, 5) is 37.7. The summed E-state index contributed by atoms with van der Waals surface area (Å²) >= 11 is 0. The number of amides is 1. The second-order valence-corrected chi connectivity index (χ2v) is 8.64. The van der Waals surface area contributed by atoms with E-state index in [0.717, 1.165) is 12.8 Å². The molecule has 1 amide bonds. The standard InChI is InChI=1S/C20H35NO6/c1-7-8-16-11-15(9-10-21(16)18(23)27-20(4,5)6)12-17(22)26-19(24)25-13-14(2)3/h14-16H,7-13H2,1-6H3. The maximum atomic E-state index is 12.5. The lowest BCUT2D eigenvalue weighted by Gasteiger charge is -2.39. The topological polar surface area (TPSA) is 82.1 Å². The Hall–Kier alpha value is -1.79. The van der Waals surface area contributed by atoms with Crippen molar-refractivity contribution in [3.05, 3.63) is 0 Å². The van der Waals surface area contributed by atoms with E-state index < -0.39 is 17.7 Å². The van der Waals surface area contributed by atoms with E-state index in [1.54, 1.807) is 4.90 Å². The molecule has 1 fully saturated rings. The van der Waals surface area contributed by atoms with E-state index in [-0.39, 0.29) is 37.0 Å². The number of carbonyl (C=O) groups excluding carboxylic acids is 3. The minimum Gasteiger partial charge on any atom is -0.444 e. The molecule has 0 aromatic rings. The van der Waals surface area contributed by atoms with Crippen molar-refractivity contribution >= 4 is 18.2 Å². The molecule has 1 saturated heterocycles. The quantitative estimate of drug-likeness (QED) is 0.493. The summed E-state index contributed by atoms with van der Waals surface area (Å²) in [5.41, 5.74) is -0.537. The molecule has 1 heterocycles. The molecule has 0 aromatic heterocycles. The summed E-state index contributed by atoms with van der Waals surface area (Å²) in [5.74, 6) is -0.319. The van der Waals surface area contributed by atoms with Crippen molar-refractivity contribution in [2.24, 2.45) is 11.8 Å². The molecule has 7 heteroatoms. The molecule has 0 radical (unpaired) electrons. The van der Waals surface area contributed by atoms with Crippen LogP contribution in [-0.4, -0.2) is 47.9 Å². The molecule has 0 N–H and O–H groups in total. The van der Waals surface area contributed by atoms with Crippen molar-refractivity contribution < 1.29 is 28.6 Å². The third kappa shape index (κ3) is 9.11. The highest BCUT2D eigenvalue weighted by atomic mass is 16.7. The highest BCUT2D eigenvalue weighted by Crippen LogP contribution is 2.29. The maximum absolute atomic E-state index is 12.5. The minimum atomic E-state index is -0.940. The maximum Gasteiger partial charge on any atom is 0.516 e. The van der Waals surface area contributed by atoms with E-state index in [9.17, 15) is 14.4 Å². The second kappa shape index (κ2) is 10.5. The minimum absolute atomic E-state index is 0.0318. The molecule has 156 valence electrons. The Morgan fingerprint density at radius 2 is 1.85 bits per heavy atom. The first-order valence-corrected chi connectivity index (χ1v) is 9.88. The van der Waals surface area contributed by atoms with Gasteiger partial charge in [0.1, 0.15) is 5.60 Å². The van der Waals surface area contributed by atoms with E-state index >= 15 is 0 Å². The van der Waals surface area contributed by atoms with Crippen molar-refractivity contribution in [2.45, 2.75) is 85.3 Å². The molecule has 0 spiro atoms. The van der Waals surface area contributed by atoms with E-state index in [2.05, 4.69) is 6.92 Å². The van der Waals surface area contributed by atoms with Gasteiger partial charge in [0.25, 0.3) is 0 Å². The number of nitrogens with zero attached hydrogens (tertiary/aromatic N) is 1. The van der Waals surface area contributed by atoms with Gasteiger partial charge in [0, 0.05) is 19.0 Å². The molecular formula is C20H35NO6. The Morgan fingerprint density at radius 1 is 1.19 bits per heavy atom. The summed E-state index contributed by atoms with van der Waals surface area (Å²) in [6.07, 6.45) is 2.06. The number of carbonyl (C=O) groups is 3. The van der Waals surface area contributed by atoms with E-state index in [1.165, 1.54) is 0 Å². The first-order valence-electron chi connectivity index (χ1n) is 9.88. The SMILES string of the molecule is CCCC1CC(CC(=O)OC(=O)OCC(C)C)CCN1C(=O)OC(C)(C)C. The zero-order chi connectivity index (χ0) is 20.6. The first-order chi connectivity index (χ1) is 12.5. The fourth-order valence-corrected chi connectivity index (χ4v) is 3.12. The third-order valence-corrected chi connectivity index (χ3v) is 4.26. The molecule has 0 saturated carbocycles. The number of likely N-dealkylation sites (tertiary alicyclic amines) is 1. The number of ether oxygens (including phenoxy) is 3. The van der Waals surface area contributed by atoms with Crippen LogP contribution in [0.5, 0.6) is 0 Å². The fraction of sp³-hybridized carbons (Fsp3) is 0.850. The lowest BCUT2D eigenvalue weighted by Crippen LogP contribution is -2.48. The number of rotatable bonds is 6. The largest absolute Gasteiger partial charge is 0.516 e. The Balaban J connectivity index is 2.55. The van der Waals surface area contributed by atoms with Crippen LogP contribution in [0.1, 0.15) is 73.6 Å². The summed E-state index contributed by atoms with van der Waals surface area (Å²) in [7, 11) is 0. The van der Waals surface area contributed by atoms with Crippen LogP contribution < -0.4 is 0 Å². The van der Waals surface area contributed by atoms with Crippen LogP contribution in [0.4, 0.5) is 9.59 Å².